The van der Waals surface area contributed by atoms with E-state index in [2.05, 4.69) is 10.3 Å². The van der Waals surface area contributed by atoms with Crippen molar-refractivity contribution in [3.05, 3.63) is 99.1 Å². The van der Waals surface area contributed by atoms with Crippen molar-refractivity contribution in [3.63, 3.8) is 0 Å². The molecule has 0 aliphatic heterocycles. The van der Waals surface area contributed by atoms with Gasteiger partial charge in [-0.25, -0.2) is 4.98 Å². The molecule has 168 valence electrons. The van der Waals surface area contributed by atoms with E-state index in [1.807, 2.05) is 32.0 Å². The van der Waals surface area contributed by atoms with Gasteiger partial charge in [-0.15, -0.1) is 0 Å². The van der Waals surface area contributed by atoms with E-state index in [9.17, 15) is 9.59 Å². The molecule has 1 amide bonds. The Kier molecular flexibility index (Phi) is 6.60. The van der Waals surface area contributed by atoms with Crippen molar-refractivity contribution in [2.75, 3.05) is 11.9 Å². The zero-order valence-electron chi connectivity index (χ0n) is 18.2. The van der Waals surface area contributed by atoms with E-state index < -0.39 is 0 Å². The topological polar surface area (TPSA) is 81.9 Å². The number of nitrogens with zero attached hydrogens (tertiary/aromatic N) is 2. The second-order valence-corrected chi connectivity index (χ2v) is 8.02. The van der Waals surface area contributed by atoms with E-state index >= 15 is 0 Å². The van der Waals surface area contributed by atoms with Crippen molar-refractivity contribution in [3.8, 4) is 11.5 Å². The van der Waals surface area contributed by atoms with Crippen LogP contribution in [0.25, 0.3) is 5.65 Å². The molecule has 2 aromatic heterocycles. The van der Waals surface area contributed by atoms with Crippen LogP contribution in [0.1, 0.15) is 16.8 Å². The Balaban J connectivity index is 1.37. The van der Waals surface area contributed by atoms with Crippen LogP contribution >= 0.6 is 11.6 Å². The first-order chi connectivity index (χ1) is 15.9. The number of hydrogen-bond acceptors (Lipinski definition) is 5. The molecule has 8 heteroatoms. The summed E-state index contributed by atoms with van der Waals surface area (Å²) in [7, 11) is 0. The van der Waals surface area contributed by atoms with Crippen LogP contribution in [0, 0.1) is 13.8 Å². The lowest BCUT2D eigenvalue weighted by molar-refractivity contribution is -0.118. The number of amides is 1. The number of halogens is 1. The lowest BCUT2D eigenvalue weighted by Crippen LogP contribution is -2.20. The highest BCUT2D eigenvalue weighted by Gasteiger charge is 2.08. The Morgan fingerprint density at radius 2 is 1.91 bits per heavy atom. The molecule has 0 bridgehead atoms. The molecule has 0 spiro atoms. The Bertz CT molecular complexity index is 1380. The number of nitrogens with one attached hydrogen (secondary N) is 1. The first-order valence-corrected chi connectivity index (χ1v) is 10.7. The summed E-state index contributed by atoms with van der Waals surface area (Å²) in [5.74, 6) is 0.931. The number of benzene rings is 2. The number of aryl methyl sites for hydroxylation is 2. The predicted molar refractivity (Wildman–Crippen MR) is 127 cm³/mol. The third-order valence-electron chi connectivity index (χ3n) is 4.88. The molecule has 0 saturated carbocycles. The number of fused-ring (bicyclic) bond motifs is 1. The van der Waals surface area contributed by atoms with Crippen molar-refractivity contribution < 1.29 is 14.3 Å². The molecule has 4 rings (SSSR count). The summed E-state index contributed by atoms with van der Waals surface area (Å²) in [6, 6.07) is 17.6. The maximum Gasteiger partial charge on any atom is 0.262 e. The maximum atomic E-state index is 12.3. The minimum Gasteiger partial charge on any atom is -0.487 e. The minimum atomic E-state index is -0.282. The Morgan fingerprint density at radius 1 is 1.06 bits per heavy atom. The van der Waals surface area contributed by atoms with E-state index in [1.54, 1.807) is 36.4 Å². The van der Waals surface area contributed by atoms with E-state index in [0.717, 1.165) is 11.1 Å². The van der Waals surface area contributed by atoms with Crippen molar-refractivity contribution >= 4 is 28.8 Å². The summed E-state index contributed by atoms with van der Waals surface area (Å²) in [5.41, 5.74) is 3.32. The first kappa shape index (κ1) is 22.4. The summed E-state index contributed by atoms with van der Waals surface area (Å²) in [5, 5.41) is 3.25. The van der Waals surface area contributed by atoms with Gasteiger partial charge < -0.3 is 14.8 Å². The molecule has 4 aromatic rings. The predicted octanol–water partition coefficient (Wildman–Crippen LogP) is 4.56. The molecule has 0 unspecified atom stereocenters. The van der Waals surface area contributed by atoms with Crippen LogP contribution in [0.5, 0.6) is 11.5 Å². The van der Waals surface area contributed by atoms with E-state index in [4.69, 9.17) is 21.1 Å². The summed E-state index contributed by atoms with van der Waals surface area (Å²) in [4.78, 5) is 29.0. The van der Waals surface area contributed by atoms with Gasteiger partial charge in [0.05, 0.1) is 10.7 Å². The molecular weight excluding hydrogens is 442 g/mol. The van der Waals surface area contributed by atoms with Gasteiger partial charge in [-0.2, -0.15) is 0 Å². The molecule has 0 atom stereocenters. The number of pyridine rings is 1. The van der Waals surface area contributed by atoms with Gasteiger partial charge in [-0.3, -0.25) is 14.0 Å². The second-order valence-electron chi connectivity index (χ2n) is 7.58. The Morgan fingerprint density at radius 3 is 2.76 bits per heavy atom. The van der Waals surface area contributed by atoms with Crippen LogP contribution in [0.3, 0.4) is 0 Å². The number of carbonyl (C=O) groups is 1. The van der Waals surface area contributed by atoms with Gasteiger partial charge in [0.2, 0.25) is 0 Å². The van der Waals surface area contributed by atoms with Gasteiger partial charge in [0.25, 0.3) is 11.5 Å². The molecule has 2 heterocycles. The molecule has 0 saturated heterocycles. The first-order valence-electron chi connectivity index (χ1n) is 10.3. The van der Waals surface area contributed by atoms with Gasteiger partial charge >= 0.3 is 0 Å². The zero-order chi connectivity index (χ0) is 23.4. The maximum absolute atomic E-state index is 12.3. The van der Waals surface area contributed by atoms with E-state index in [0.29, 0.717) is 33.6 Å². The van der Waals surface area contributed by atoms with Gasteiger partial charge in [0.15, 0.2) is 6.61 Å². The molecule has 0 fully saturated rings. The van der Waals surface area contributed by atoms with Crippen LogP contribution < -0.4 is 20.3 Å². The summed E-state index contributed by atoms with van der Waals surface area (Å²) in [6.45, 7) is 3.89. The number of ether oxygens (including phenoxy) is 2. The average Bonchev–Trinajstić information content (AvgIpc) is 2.79. The van der Waals surface area contributed by atoms with E-state index in [-0.39, 0.29) is 24.7 Å². The summed E-state index contributed by atoms with van der Waals surface area (Å²) >= 11 is 5.94. The normalized spacial score (nSPS) is 10.8. The fraction of sp³-hybridized carbons (Fsp3) is 0.160. The smallest absolute Gasteiger partial charge is 0.262 e. The summed E-state index contributed by atoms with van der Waals surface area (Å²) < 4.78 is 12.8. The van der Waals surface area contributed by atoms with Crippen LogP contribution in [-0.4, -0.2) is 21.9 Å². The molecule has 0 aliphatic rings. The lowest BCUT2D eigenvalue weighted by Gasteiger charge is -2.11. The second kappa shape index (κ2) is 9.75. The highest BCUT2D eigenvalue weighted by atomic mass is 35.5. The molecule has 0 radical (unpaired) electrons. The van der Waals surface area contributed by atoms with Crippen molar-refractivity contribution in [1.29, 1.82) is 0 Å². The number of carbonyl (C=O) groups excluding carboxylic acids is 1. The van der Waals surface area contributed by atoms with Gasteiger partial charge in [0.1, 0.15) is 23.8 Å². The average molecular weight is 464 g/mol. The highest BCUT2D eigenvalue weighted by molar-refractivity contribution is 6.30. The van der Waals surface area contributed by atoms with Crippen LogP contribution in [0.2, 0.25) is 5.02 Å². The third-order valence-corrected chi connectivity index (χ3v) is 5.11. The zero-order valence-corrected chi connectivity index (χ0v) is 18.9. The molecule has 1 N–H and O–H groups in total. The Labute approximate surface area is 195 Å². The fourth-order valence-electron chi connectivity index (χ4n) is 3.22. The largest absolute Gasteiger partial charge is 0.487 e. The molecule has 33 heavy (non-hydrogen) atoms. The third kappa shape index (κ3) is 5.70. The highest BCUT2D eigenvalue weighted by Crippen LogP contribution is 2.20. The standard InChI is InChI=1S/C25H22ClN3O4/c1-16-6-7-17(2)22(10-16)33-15-24(30)28-19-4-3-5-21(11-19)32-14-20-12-25(31)29-13-18(26)8-9-23(29)27-20/h3-13H,14-15H2,1-2H3,(H,28,30). The van der Waals surface area contributed by atoms with Crippen molar-refractivity contribution in [2.24, 2.45) is 0 Å². The van der Waals surface area contributed by atoms with Gasteiger partial charge in [-0.05, 0) is 55.3 Å². The summed E-state index contributed by atoms with van der Waals surface area (Å²) in [6.07, 6.45) is 1.52. The van der Waals surface area contributed by atoms with Crippen LogP contribution in [-0.2, 0) is 11.4 Å². The molecule has 2 aromatic carbocycles. The van der Waals surface area contributed by atoms with Crippen molar-refractivity contribution in [2.45, 2.75) is 20.5 Å². The number of aromatic nitrogens is 2. The molecule has 0 aliphatic carbocycles. The monoisotopic (exact) mass is 463 g/mol. The van der Waals surface area contributed by atoms with Crippen molar-refractivity contribution in [1.82, 2.24) is 9.38 Å². The molecule has 7 nitrogen and oxygen atoms in total. The molecular formula is C25H22ClN3O4. The van der Waals surface area contributed by atoms with Crippen LogP contribution in [0.4, 0.5) is 5.69 Å². The Hall–Kier alpha value is -3.84. The minimum absolute atomic E-state index is 0.0987. The number of hydrogen-bond donors (Lipinski definition) is 1. The SMILES string of the molecule is Cc1ccc(C)c(OCC(=O)Nc2cccc(OCc3cc(=O)n4cc(Cl)ccc4n3)c2)c1. The number of rotatable bonds is 7. The van der Waals surface area contributed by atoms with Gasteiger partial charge in [-0.1, -0.05) is 29.8 Å². The van der Waals surface area contributed by atoms with Crippen LogP contribution in [0.15, 0.2) is 71.7 Å². The number of anilines is 1. The van der Waals surface area contributed by atoms with E-state index in [1.165, 1.54) is 16.7 Å². The van der Waals surface area contributed by atoms with Gasteiger partial charge in [0, 0.05) is 24.0 Å². The lowest BCUT2D eigenvalue weighted by atomic mass is 10.1. The fourth-order valence-corrected chi connectivity index (χ4v) is 3.38. The quantitative estimate of drug-likeness (QED) is 0.434.